The van der Waals surface area contributed by atoms with Crippen LogP contribution in [-0.2, 0) is 9.53 Å². The third kappa shape index (κ3) is 4.43. The third-order valence-corrected chi connectivity index (χ3v) is 3.16. The minimum absolute atomic E-state index is 0.111. The molecule has 0 saturated heterocycles. The van der Waals surface area contributed by atoms with E-state index in [0.717, 1.165) is 6.07 Å². The highest BCUT2D eigenvalue weighted by Crippen LogP contribution is 2.23. The van der Waals surface area contributed by atoms with Crippen molar-refractivity contribution in [1.29, 1.82) is 0 Å². The first kappa shape index (κ1) is 16.8. The molecule has 0 radical (unpaired) electrons. The van der Waals surface area contributed by atoms with E-state index in [1.54, 1.807) is 0 Å². The Morgan fingerprint density at radius 3 is 2.65 bits per heavy atom. The number of rotatable bonds is 4. The Balaban J connectivity index is 2.01. The van der Waals surface area contributed by atoms with E-state index >= 15 is 0 Å². The van der Waals surface area contributed by atoms with E-state index in [9.17, 15) is 19.1 Å². The van der Waals surface area contributed by atoms with Gasteiger partial charge in [-0.05, 0) is 43.3 Å². The van der Waals surface area contributed by atoms with Crippen molar-refractivity contribution >= 4 is 29.2 Å². The van der Waals surface area contributed by atoms with Crippen LogP contribution in [0, 0.1) is 5.82 Å². The van der Waals surface area contributed by atoms with Gasteiger partial charge in [0, 0.05) is 10.7 Å². The van der Waals surface area contributed by atoms with E-state index in [1.807, 2.05) is 0 Å². The summed E-state index contributed by atoms with van der Waals surface area (Å²) in [5.74, 6) is -2.35. The number of phenols is 1. The van der Waals surface area contributed by atoms with Crippen molar-refractivity contribution in [1.82, 2.24) is 0 Å². The smallest absolute Gasteiger partial charge is 0.342 e. The summed E-state index contributed by atoms with van der Waals surface area (Å²) in [6.07, 6.45) is -1.14. The topological polar surface area (TPSA) is 75.6 Å². The number of carbonyl (C=O) groups is 2. The van der Waals surface area contributed by atoms with Gasteiger partial charge in [0.25, 0.3) is 5.91 Å². The number of aromatic hydroxyl groups is 1. The Bertz CT molecular complexity index is 751. The molecule has 0 unspecified atom stereocenters. The molecule has 2 aromatic carbocycles. The molecule has 120 valence electrons. The molecular weight excluding hydrogens is 325 g/mol. The van der Waals surface area contributed by atoms with Crippen molar-refractivity contribution in [3.8, 4) is 5.75 Å². The summed E-state index contributed by atoms with van der Waals surface area (Å²) in [5, 5.41) is 12.3. The molecule has 23 heavy (non-hydrogen) atoms. The van der Waals surface area contributed by atoms with Crippen molar-refractivity contribution in [2.75, 3.05) is 5.32 Å². The van der Waals surface area contributed by atoms with Gasteiger partial charge in [-0.15, -0.1) is 0 Å². The maximum Gasteiger partial charge on any atom is 0.342 e. The molecule has 2 rings (SSSR count). The van der Waals surface area contributed by atoms with E-state index in [0.29, 0.717) is 0 Å². The second-order valence-electron chi connectivity index (χ2n) is 4.71. The second kappa shape index (κ2) is 7.11. The van der Waals surface area contributed by atoms with E-state index in [1.165, 1.54) is 43.3 Å². The molecule has 7 heteroatoms. The van der Waals surface area contributed by atoms with Crippen LogP contribution in [0.4, 0.5) is 10.1 Å². The van der Waals surface area contributed by atoms with E-state index in [4.69, 9.17) is 16.3 Å². The average Bonchev–Trinajstić information content (AvgIpc) is 2.46. The first-order chi connectivity index (χ1) is 10.9. The molecule has 2 aromatic rings. The Labute approximate surface area is 136 Å². The van der Waals surface area contributed by atoms with Crippen LogP contribution in [0.25, 0.3) is 0 Å². The molecule has 0 spiro atoms. The number of amides is 1. The number of nitrogens with one attached hydrogen (secondary N) is 1. The summed E-state index contributed by atoms with van der Waals surface area (Å²) >= 11 is 5.67. The zero-order chi connectivity index (χ0) is 17.0. The molecule has 1 atom stereocenters. The zero-order valence-corrected chi connectivity index (χ0v) is 12.8. The predicted octanol–water partition coefficient (Wildman–Crippen LogP) is 3.37. The van der Waals surface area contributed by atoms with Crippen LogP contribution in [0.5, 0.6) is 5.75 Å². The number of esters is 1. The molecule has 0 bridgehead atoms. The molecule has 0 aliphatic heterocycles. The number of halogens is 2. The fourth-order valence-corrected chi connectivity index (χ4v) is 1.93. The number of phenolic OH excluding ortho intramolecular Hbond substituents is 1. The van der Waals surface area contributed by atoms with Gasteiger partial charge in [0.05, 0.1) is 0 Å². The van der Waals surface area contributed by atoms with Gasteiger partial charge in [-0.1, -0.05) is 17.7 Å². The predicted molar refractivity (Wildman–Crippen MR) is 83.0 cm³/mol. The zero-order valence-electron chi connectivity index (χ0n) is 12.0. The molecule has 1 amide bonds. The molecule has 5 nitrogen and oxygen atoms in total. The number of hydrogen-bond acceptors (Lipinski definition) is 4. The Morgan fingerprint density at radius 2 is 2.00 bits per heavy atom. The summed E-state index contributed by atoms with van der Waals surface area (Å²) in [6, 6.07) is 9.20. The Hall–Kier alpha value is -2.60. The highest BCUT2D eigenvalue weighted by molar-refractivity contribution is 6.30. The Morgan fingerprint density at radius 1 is 1.26 bits per heavy atom. The minimum Gasteiger partial charge on any atom is -0.507 e. The standard InChI is InChI=1S/C16H13ClFNO4/c1-9(15(21)19-12-4-2-3-11(18)8-12)23-16(22)13-6-5-10(17)7-14(13)20/h2-9,20H,1H3,(H,19,21)/t9-/m0/s1. The number of carbonyl (C=O) groups excluding carboxylic acids is 2. The highest BCUT2D eigenvalue weighted by Gasteiger charge is 2.21. The molecular formula is C16H13ClFNO4. The maximum absolute atomic E-state index is 13.1. The lowest BCUT2D eigenvalue weighted by Gasteiger charge is -2.14. The van der Waals surface area contributed by atoms with Crippen molar-refractivity contribution in [2.24, 2.45) is 0 Å². The van der Waals surface area contributed by atoms with Crippen LogP contribution in [0.2, 0.25) is 5.02 Å². The first-order valence-electron chi connectivity index (χ1n) is 6.63. The fourth-order valence-electron chi connectivity index (χ4n) is 1.77. The van der Waals surface area contributed by atoms with Gasteiger partial charge in [0.2, 0.25) is 0 Å². The average molecular weight is 338 g/mol. The highest BCUT2D eigenvalue weighted by atomic mass is 35.5. The quantitative estimate of drug-likeness (QED) is 0.839. The largest absolute Gasteiger partial charge is 0.507 e. The third-order valence-electron chi connectivity index (χ3n) is 2.92. The summed E-state index contributed by atoms with van der Waals surface area (Å²) in [6.45, 7) is 1.36. The van der Waals surface area contributed by atoms with E-state index < -0.39 is 23.8 Å². The monoisotopic (exact) mass is 337 g/mol. The van der Waals surface area contributed by atoms with E-state index in [-0.39, 0.29) is 22.0 Å². The van der Waals surface area contributed by atoms with Gasteiger partial charge >= 0.3 is 5.97 Å². The van der Waals surface area contributed by atoms with Crippen molar-refractivity contribution in [3.63, 3.8) is 0 Å². The molecule has 0 aliphatic carbocycles. The van der Waals surface area contributed by atoms with Gasteiger partial charge in [-0.25, -0.2) is 9.18 Å². The molecule has 0 aliphatic rings. The molecule has 0 saturated carbocycles. The maximum atomic E-state index is 13.1. The van der Waals surface area contributed by atoms with Crippen molar-refractivity contribution in [2.45, 2.75) is 13.0 Å². The van der Waals surface area contributed by atoms with Crippen LogP contribution in [0.1, 0.15) is 17.3 Å². The van der Waals surface area contributed by atoms with Crippen LogP contribution in [0.3, 0.4) is 0 Å². The minimum atomic E-state index is -1.14. The normalized spacial score (nSPS) is 11.6. The number of anilines is 1. The number of hydrogen-bond donors (Lipinski definition) is 2. The lowest BCUT2D eigenvalue weighted by atomic mass is 10.2. The SMILES string of the molecule is C[C@H](OC(=O)c1ccc(Cl)cc1O)C(=O)Nc1cccc(F)c1. The van der Waals surface area contributed by atoms with Crippen LogP contribution < -0.4 is 5.32 Å². The van der Waals surface area contributed by atoms with Gasteiger partial charge < -0.3 is 15.2 Å². The summed E-state index contributed by atoms with van der Waals surface area (Å²) in [7, 11) is 0. The molecule has 0 fully saturated rings. The Kier molecular flexibility index (Phi) is 5.18. The number of benzene rings is 2. The second-order valence-corrected chi connectivity index (χ2v) is 5.15. The van der Waals surface area contributed by atoms with Crippen LogP contribution in [0.15, 0.2) is 42.5 Å². The summed E-state index contributed by atoms with van der Waals surface area (Å²) in [4.78, 5) is 23.9. The van der Waals surface area contributed by atoms with Gasteiger partial charge in [-0.2, -0.15) is 0 Å². The van der Waals surface area contributed by atoms with Crippen molar-refractivity contribution < 1.29 is 23.8 Å². The molecule has 2 N–H and O–H groups in total. The van der Waals surface area contributed by atoms with Crippen LogP contribution in [-0.4, -0.2) is 23.1 Å². The number of ether oxygens (including phenoxy) is 1. The first-order valence-corrected chi connectivity index (χ1v) is 7.00. The lowest BCUT2D eigenvalue weighted by Crippen LogP contribution is -2.30. The molecule has 0 heterocycles. The lowest BCUT2D eigenvalue weighted by molar-refractivity contribution is -0.123. The van der Waals surface area contributed by atoms with Gasteiger partial charge in [-0.3, -0.25) is 4.79 Å². The van der Waals surface area contributed by atoms with Gasteiger partial charge in [0.1, 0.15) is 17.1 Å². The van der Waals surface area contributed by atoms with E-state index in [2.05, 4.69) is 5.32 Å². The van der Waals surface area contributed by atoms with Gasteiger partial charge in [0.15, 0.2) is 6.10 Å². The van der Waals surface area contributed by atoms with Crippen LogP contribution >= 0.6 is 11.6 Å². The summed E-state index contributed by atoms with van der Waals surface area (Å²) < 4.78 is 18.0. The van der Waals surface area contributed by atoms with Crippen molar-refractivity contribution in [3.05, 3.63) is 58.9 Å². The fraction of sp³-hybridized carbons (Fsp3) is 0.125. The summed E-state index contributed by atoms with van der Waals surface area (Å²) in [5.41, 5.74) is 0.132. The molecule has 0 aromatic heterocycles.